The average molecular weight is 401 g/mol. The summed E-state index contributed by atoms with van der Waals surface area (Å²) < 4.78 is 0. The summed E-state index contributed by atoms with van der Waals surface area (Å²) in [5.74, 6) is 5.85. The lowest BCUT2D eigenvalue weighted by Gasteiger charge is -2.57. The van der Waals surface area contributed by atoms with E-state index < -0.39 is 0 Å². The van der Waals surface area contributed by atoms with Crippen molar-refractivity contribution in [2.45, 2.75) is 112 Å². The first-order valence-electron chi connectivity index (χ1n) is 13.0. The number of fused-ring (bicyclic) bond motifs is 5. The van der Waals surface area contributed by atoms with Gasteiger partial charge < -0.3 is 5.11 Å². The minimum atomic E-state index is -0.0400. The largest absolute Gasteiger partial charge is 0.393 e. The van der Waals surface area contributed by atoms with Crippen LogP contribution < -0.4 is 0 Å². The molecular formula is C28H48O. The third-order valence-corrected chi connectivity index (χ3v) is 11.0. The van der Waals surface area contributed by atoms with Crippen LogP contribution in [0.5, 0.6) is 0 Å². The van der Waals surface area contributed by atoms with Crippen molar-refractivity contribution >= 4 is 0 Å². The lowest BCUT2D eigenvalue weighted by atomic mass is 9.47. The first-order valence-corrected chi connectivity index (χ1v) is 13.0. The third kappa shape index (κ3) is 3.66. The van der Waals surface area contributed by atoms with Crippen molar-refractivity contribution in [1.82, 2.24) is 0 Å². The van der Waals surface area contributed by atoms with Gasteiger partial charge in [0.25, 0.3) is 0 Å². The van der Waals surface area contributed by atoms with Crippen LogP contribution in [0.15, 0.2) is 11.6 Å². The SMILES string of the molecule is CC(C)[C@@H](C)CC[C@@H](C)C1CCC2C3=CC[C@H]4CC(O)CCC4(C)C3CCC21C. The molecule has 4 aliphatic rings. The molecule has 29 heavy (non-hydrogen) atoms. The molecule has 6 unspecified atom stereocenters. The summed E-state index contributed by atoms with van der Waals surface area (Å²) >= 11 is 0. The maximum absolute atomic E-state index is 10.2. The van der Waals surface area contributed by atoms with Gasteiger partial charge in [-0.3, -0.25) is 0 Å². The van der Waals surface area contributed by atoms with E-state index in [1.54, 1.807) is 0 Å². The molecule has 1 heteroatoms. The molecular weight excluding hydrogens is 352 g/mol. The van der Waals surface area contributed by atoms with E-state index in [1.807, 2.05) is 5.57 Å². The van der Waals surface area contributed by atoms with Crippen LogP contribution in [0.3, 0.4) is 0 Å². The summed E-state index contributed by atoms with van der Waals surface area (Å²) in [7, 11) is 0. The van der Waals surface area contributed by atoms with Gasteiger partial charge in [0, 0.05) is 0 Å². The van der Waals surface area contributed by atoms with E-state index in [1.165, 1.54) is 51.4 Å². The highest BCUT2D eigenvalue weighted by molar-refractivity contribution is 5.27. The standard InChI is InChI=1S/C28H48O/c1-18(2)19(3)7-8-20(4)24-11-12-25-23-10-9-21-17-22(29)13-15-27(21,5)26(23)14-16-28(24,25)6/h10,18-22,24-26,29H,7-9,11-17H2,1-6H3/t19-,20+,21-,22?,24?,25?,26?,27?,28?/m0/s1. The summed E-state index contributed by atoms with van der Waals surface area (Å²) in [6.45, 7) is 15.1. The molecule has 1 nitrogen and oxygen atoms in total. The van der Waals surface area contributed by atoms with Crippen molar-refractivity contribution in [1.29, 1.82) is 0 Å². The molecule has 0 aromatic carbocycles. The molecule has 3 fully saturated rings. The highest BCUT2D eigenvalue weighted by Crippen LogP contribution is 2.67. The Labute approximate surface area is 181 Å². The van der Waals surface area contributed by atoms with Gasteiger partial charge in [0.2, 0.25) is 0 Å². The zero-order chi connectivity index (χ0) is 21.0. The summed E-state index contributed by atoms with van der Waals surface area (Å²) in [6, 6.07) is 0. The van der Waals surface area contributed by atoms with E-state index in [0.717, 1.165) is 54.3 Å². The first-order chi connectivity index (χ1) is 13.7. The van der Waals surface area contributed by atoms with Crippen LogP contribution in [0.2, 0.25) is 0 Å². The highest BCUT2D eigenvalue weighted by Gasteiger charge is 2.58. The molecule has 0 spiro atoms. The van der Waals surface area contributed by atoms with Gasteiger partial charge in [0.15, 0.2) is 0 Å². The normalized spacial score (nSPS) is 46.5. The number of rotatable bonds is 5. The summed E-state index contributed by atoms with van der Waals surface area (Å²) in [6.07, 6.45) is 15.8. The first kappa shape index (κ1) is 21.9. The lowest BCUT2D eigenvalue weighted by Crippen LogP contribution is -2.49. The molecule has 0 bridgehead atoms. The summed E-state index contributed by atoms with van der Waals surface area (Å²) in [4.78, 5) is 0. The molecule has 0 saturated heterocycles. The molecule has 0 radical (unpaired) electrons. The molecule has 0 aromatic heterocycles. The Hall–Kier alpha value is -0.300. The second-order valence-corrected chi connectivity index (χ2v) is 12.7. The van der Waals surface area contributed by atoms with Crippen molar-refractivity contribution in [3.63, 3.8) is 0 Å². The van der Waals surface area contributed by atoms with E-state index in [2.05, 4.69) is 47.6 Å². The van der Waals surface area contributed by atoms with E-state index in [-0.39, 0.29) is 6.10 Å². The minimum Gasteiger partial charge on any atom is -0.393 e. The third-order valence-electron chi connectivity index (χ3n) is 11.0. The Kier molecular flexibility index (Phi) is 6.04. The Morgan fingerprint density at radius 1 is 0.931 bits per heavy atom. The Morgan fingerprint density at radius 3 is 2.34 bits per heavy atom. The molecule has 1 N–H and O–H groups in total. The molecule has 166 valence electrons. The van der Waals surface area contributed by atoms with Gasteiger partial charge in [-0.15, -0.1) is 0 Å². The van der Waals surface area contributed by atoms with Crippen LogP contribution in [0.1, 0.15) is 106 Å². The van der Waals surface area contributed by atoms with Crippen LogP contribution in [-0.4, -0.2) is 11.2 Å². The van der Waals surface area contributed by atoms with E-state index in [0.29, 0.717) is 10.8 Å². The van der Waals surface area contributed by atoms with E-state index in [4.69, 9.17) is 0 Å². The monoisotopic (exact) mass is 400 g/mol. The van der Waals surface area contributed by atoms with Crippen LogP contribution in [-0.2, 0) is 0 Å². The number of aliphatic hydroxyl groups is 1. The summed E-state index contributed by atoms with van der Waals surface area (Å²) in [5.41, 5.74) is 2.88. The van der Waals surface area contributed by atoms with Gasteiger partial charge in [-0.25, -0.2) is 0 Å². The maximum atomic E-state index is 10.2. The zero-order valence-electron chi connectivity index (χ0n) is 20.2. The van der Waals surface area contributed by atoms with E-state index >= 15 is 0 Å². The van der Waals surface area contributed by atoms with Crippen molar-refractivity contribution in [2.24, 2.45) is 52.3 Å². The highest BCUT2D eigenvalue weighted by atomic mass is 16.3. The number of aliphatic hydroxyl groups excluding tert-OH is 1. The Bertz CT molecular complexity index is 620. The van der Waals surface area contributed by atoms with E-state index in [9.17, 15) is 5.11 Å². The molecule has 4 aliphatic carbocycles. The molecule has 0 heterocycles. The van der Waals surface area contributed by atoms with Crippen molar-refractivity contribution in [3.8, 4) is 0 Å². The van der Waals surface area contributed by atoms with Crippen molar-refractivity contribution in [2.75, 3.05) is 0 Å². The molecule has 0 amide bonds. The van der Waals surface area contributed by atoms with Crippen molar-refractivity contribution in [3.05, 3.63) is 11.6 Å². The van der Waals surface area contributed by atoms with Crippen LogP contribution in [0, 0.1) is 52.3 Å². The fourth-order valence-electron chi connectivity index (χ4n) is 8.53. The van der Waals surface area contributed by atoms with Gasteiger partial charge in [-0.05, 0) is 104 Å². The van der Waals surface area contributed by atoms with Gasteiger partial charge in [0.1, 0.15) is 0 Å². The van der Waals surface area contributed by atoms with Gasteiger partial charge in [0.05, 0.1) is 6.10 Å². The van der Waals surface area contributed by atoms with Crippen LogP contribution in [0.4, 0.5) is 0 Å². The maximum Gasteiger partial charge on any atom is 0.0543 e. The quantitative estimate of drug-likeness (QED) is 0.470. The van der Waals surface area contributed by atoms with Gasteiger partial charge in [-0.2, -0.15) is 0 Å². The topological polar surface area (TPSA) is 20.2 Å². The molecule has 3 saturated carbocycles. The van der Waals surface area contributed by atoms with Crippen LogP contribution >= 0.6 is 0 Å². The second-order valence-electron chi connectivity index (χ2n) is 12.7. The lowest BCUT2D eigenvalue weighted by molar-refractivity contribution is -0.0428. The predicted molar refractivity (Wildman–Crippen MR) is 124 cm³/mol. The second kappa shape index (κ2) is 7.99. The minimum absolute atomic E-state index is 0.0400. The van der Waals surface area contributed by atoms with Crippen molar-refractivity contribution < 1.29 is 5.11 Å². The number of allylic oxidation sites excluding steroid dienone is 2. The predicted octanol–water partition coefficient (Wildman–Crippen LogP) is 7.63. The Balaban J connectivity index is 1.50. The fourth-order valence-corrected chi connectivity index (χ4v) is 8.53. The van der Waals surface area contributed by atoms with Gasteiger partial charge >= 0.3 is 0 Å². The Morgan fingerprint density at radius 2 is 1.62 bits per heavy atom. The fraction of sp³-hybridized carbons (Fsp3) is 0.929. The average Bonchev–Trinajstić information content (AvgIpc) is 3.03. The molecule has 0 aliphatic heterocycles. The molecule has 4 rings (SSSR count). The number of hydrogen-bond donors (Lipinski definition) is 1. The molecule has 9 atom stereocenters. The molecule has 0 aromatic rings. The smallest absolute Gasteiger partial charge is 0.0543 e. The zero-order valence-corrected chi connectivity index (χ0v) is 20.2. The van der Waals surface area contributed by atoms with Crippen LogP contribution in [0.25, 0.3) is 0 Å². The van der Waals surface area contributed by atoms with Gasteiger partial charge in [-0.1, -0.05) is 66.0 Å². The number of hydrogen-bond acceptors (Lipinski definition) is 1. The summed E-state index contributed by atoms with van der Waals surface area (Å²) in [5, 5.41) is 10.2.